The van der Waals surface area contributed by atoms with Crippen LogP contribution < -0.4 is 10.6 Å². The number of aromatic nitrogens is 3. The molecular weight excluding hydrogens is 374 g/mol. The van der Waals surface area contributed by atoms with Gasteiger partial charge in [0, 0.05) is 12.0 Å². The molecule has 2 aliphatic carbocycles. The Morgan fingerprint density at radius 2 is 1.77 bits per heavy atom. The highest BCUT2D eigenvalue weighted by Gasteiger charge is 2.28. The minimum atomic E-state index is -0.0546. The first-order valence-corrected chi connectivity index (χ1v) is 10.9. The lowest BCUT2D eigenvalue weighted by molar-refractivity contribution is 0.227. The molecular formula is C24H27N5O. The molecule has 2 aliphatic rings. The monoisotopic (exact) mass is 401 g/mol. The molecule has 0 aliphatic heterocycles. The van der Waals surface area contributed by atoms with E-state index in [0.29, 0.717) is 5.92 Å². The molecule has 0 saturated heterocycles. The number of rotatable bonds is 4. The van der Waals surface area contributed by atoms with Gasteiger partial charge in [0.05, 0.1) is 6.04 Å². The van der Waals surface area contributed by atoms with E-state index in [2.05, 4.69) is 68.3 Å². The molecule has 5 rings (SSSR count). The quantitative estimate of drug-likeness (QED) is 0.603. The van der Waals surface area contributed by atoms with E-state index in [1.54, 1.807) is 6.33 Å². The fourth-order valence-electron chi connectivity index (χ4n) is 4.87. The summed E-state index contributed by atoms with van der Waals surface area (Å²) in [6.45, 7) is 0. The summed E-state index contributed by atoms with van der Waals surface area (Å²) in [4.78, 5) is 17.0. The lowest BCUT2D eigenvalue weighted by atomic mass is 9.85. The maximum absolute atomic E-state index is 12.7. The van der Waals surface area contributed by atoms with Crippen LogP contribution in [0.2, 0.25) is 0 Å². The normalized spacial score (nSPS) is 23.0. The van der Waals surface area contributed by atoms with Crippen molar-refractivity contribution >= 4 is 6.03 Å². The molecule has 0 spiro atoms. The molecule has 3 N–H and O–H groups in total. The molecule has 3 aromatic rings. The van der Waals surface area contributed by atoms with Crippen LogP contribution in [0.25, 0.3) is 11.1 Å². The molecule has 1 saturated carbocycles. The summed E-state index contributed by atoms with van der Waals surface area (Å²) in [6.07, 6.45) is 7.52. The number of H-pyrrole nitrogens is 1. The fraction of sp³-hybridized carbons (Fsp3) is 0.375. The van der Waals surface area contributed by atoms with Crippen LogP contribution in [0.5, 0.6) is 0 Å². The number of carbonyl (C=O) groups excluding carboxylic acids is 1. The van der Waals surface area contributed by atoms with Crippen molar-refractivity contribution in [3.8, 4) is 11.1 Å². The largest absolute Gasteiger partial charge is 0.335 e. The summed E-state index contributed by atoms with van der Waals surface area (Å²) in [6, 6.07) is 17.3. The molecule has 1 fully saturated rings. The van der Waals surface area contributed by atoms with Gasteiger partial charge in [0.2, 0.25) is 0 Å². The Morgan fingerprint density at radius 3 is 2.53 bits per heavy atom. The zero-order chi connectivity index (χ0) is 20.3. The van der Waals surface area contributed by atoms with E-state index >= 15 is 0 Å². The maximum atomic E-state index is 12.7. The lowest BCUT2D eigenvalue weighted by Crippen LogP contribution is -2.44. The van der Waals surface area contributed by atoms with E-state index in [1.807, 2.05) is 6.07 Å². The maximum Gasteiger partial charge on any atom is 0.315 e. The molecule has 0 radical (unpaired) electrons. The van der Waals surface area contributed by atoms with Crippen LogP contribution >= 0.6 is 0 Å². The zero-order valence-electron chi connectivity index (χ0n) is 17.0. The van der Waals surface area contributed by atoms with Crippen molar-refractivity contribution in [1.29, 1.82) is 0 Å². The molecule has 0 bridgehead atoms. The molecule has 30 heavy (non-hydrogen) atoms. The topological polar surface area (TPSA) is 82.7 Å². The molecule has 6 nitrogen and oxygen atoms in total. The van der Waals surface area contributed by atoms with Crippen molar-refractivity contribution in [2.75, 3.05) is 0 Å². The highest BCUT2D eigenvalue weighted by atomic mass is 16.2. The molecule has 6 heteroatoms. The van der Waals surface area contributed by atoms with E-state index in [9.17, 15) is 4.79 Å². The number of hydrogen-bond acceptors (Lipinski definition) is 3. The summed E-state index contributed by atoms with van der Waals surface area (Å²) in [5.41, 5.74) is 5.00. The number of carbonyl (C=O) groups is 1. The third-order valence-electron chi connectivity index (χ3n) is 6.52. The van der Waals surface area contributed by atoms with Crippen LogP contribution in [0.15, 0.2) is 54.9 Å². The summed E-state index contributed by atoms with van der Waals surface area (Å²) in [7, 11) is 0. The number of nitrogens with one attached hydrogen (secondary N) is 3. The smallest absolute Gasteiger partial charge is 0.315 e. The van der Waals surface area contributed by atoms with Gasteiger partial charge in [-0.1, -0.05) is 42.5 Å². The van der Waals surface area contributed by atoms with Crippen LogP contribution in [-0.2, 0) is 6.42 Å². The number of benzene rings is 2. The summed E-state index contributed by atoms with van der Waals surface area (Å²) in [5, 5.41) is 13.3. The van der Waals surface area contributed by atoms with E-state index in [-0.39, 0.29) is 18.1 Å². The van der Waals surface area contributed by atoms with Crippen LogP contribution in [0.4, 0.5) is 4.79 Å². The minimum Gasteiger partial charge on any atom is -0.335 e. The van der Waals surface area contributed by atoms with Gasteiger partial charge < -0.3 is 10.6 Å². The summed E-state index contributed by atoms with van der Waals surface area (Å²) in [5.74, 6) is 1.39. The SMILES string of the molecule is O=C(NC1CCC(c2ncn[nH]2)CC1)NC1CCc2ccc(-c3ccccc3)cc21. The Hall–Kier alpha value is -3.15. The van der Waals surface area contributed by atoms with E-state index in [4.69, 9.17) is 0 Å². The van der Waals surface area contributed by atoms with Crippen molar-refractivity contribution in [3.63, 3.8) is 0 Å². The minimum absolute atomic E-state index is 0.0546. The molecule has 1 atom stereocenters. The van der Waals surface area contributed by atoms with Gasteiger partial charge >= 0.3 is 6.03 Å². The van der Waals surface area contributed by atoms with Crippen molar-refractivity contribution in [2.45, 2.75) is 56.5 Å². The first kappa shape index (κ1) is 18.9. The second-order valence-corrected chi connectivity index (χ2v) is 8.41. The van der Waals surface area contributed by atoms with Crippen LogP contribution in [0.3, 0.4) is 0 Å². The number of fused-ring (bicyclic) bond motifs is 1. The number of aryl methyl sites for hydroxylation is 1. The molecule has 2 aromatic carbocycles. The van der Waals surface area contributed by atoms with Crippen molar-refractivity contribution in [3.05, 3.63) is 71.8 Å². The van der Waals surface area contributed by atoms with Crippen molar-refractivity contribution < 1.29 is 4.79 Å². The standard InChI is InChI=1S/C24H27N5O/c30-24(27-20-11-8-18(9-12-20)23-25-15-26-29-23)28-22-13-10-17-6-7-19(14-21(17)22)16-4-2-1-3-5-16/h1-7,14-15,18,20,22H,8-13H2,(H,25,26,29)(H2,27,28,30). The second kappa shape index (κ2) is 8.30. The Balaban J connectivity index is 1.19. The van der Waals surface area contributed by atoms with Gasteiger partial charge in [-0.15, -0.1) is 0 Å². The van der Waals surface area contributed by atoms with E-state index < -0.39 is 0 Å². The van der Waals surface area contributed by atoms with Gasteiger partial charge in [-0.2, -0.15) is 5.10 Å². The van der Waals surface area contributed by atoms with Gasteiger partial charge in [0.25, 0.3) is 0 Å². The lowest BCUT2D eigenvalue weighted by Gasteiger charge is -2.28. The highest BCUT2D eigenvalue weighted by molar-refractivity contribution is 5.75. The Labute approximate surface area is 176 Å². The van der Waals surface area contributed by atoms with E-state index in [0.717, 1.165) is 44.3 Å². The van der Waals surface area contributed by atoms with Crippen molar-refractivity contribution in [2.24, 2.45) is 0 Å². The van der Waals surface area contributed by atoms with Gasteiger partial charge in [0.15, 0.2) is 0 Å². The molecule has 2 amide bonds. The van der Waals surface area contributed by atoms with Crippen LogP contribution in [0, 0.1) is 0 Å². The molecule has 154 valence electrons. The predicted molar refractivity (Wildman–Crippen MR) is 116 cm³/mol. The van der Waals surface area contributed by atoms with Gasteiger partial charge in [-0.05, 0) is 66.8 Å². The summed E-state index contributed by atoms with van der Waals surface area (Å²) >= 11 is 0. The van der Waals surface area contributed by atoms with Gasteiger partial charge in [0.1, 0.15) is 12.2 Å². The van der Waals surface area contributed by atoms with Gasteiger partial charge in [-0.3, -0.25) is 5.10 Å². The first-order valence-electron chi connectivity index (χ1n) is 10.9. The van der Waals surface area contributed by atoms with E-state index in [1.165, 1.54) is 22.3 Å². The molecule has 1 aromatic heterocycles. The second-order valence-electron chi connectivity index (χ2n) is 8.41. The highest BCUT2D eigenvalue weighted by Crippen LogP contribution is 2.35. The fourth-order valence-corrected chi connectivity index (χ4v) is 4.87. The number of amides is 2. The predicted octanol–water partition coefficient (Wildman–Crippen LogP) is 4.48. The number of nitrogens with zero attached hydrogens (tertiary/aromatic N) is 2. The molecule has 1 heterocycles. The number of aromatic amines is 1. The van der Waals surface area contributed by atoms with Crippen molar-refractivity contribution in [1.82, 2.24) is 25.8 Å². The average Bonchev–Trinajstić information content (AvgIpc) is 3.45. The first-order chi connectivity index (χ1) is 14.8. The summed E-state index contributed by atoms with van der Waals surface area (Å²) < 4.78 is 0. The third kappa shape index (κ3) is 3.95. The Morgan fingerprint density at radius 1 is 0.933 bits per heavy atom. The number of hydrogen-bond donors (Lipinski definition) is 3. The van der Waals surface area contributed by atoms with Gasteiger partial charge in [-0.25, -0.2) is 9.78 Å². The third-order valence-corrected chi connectivity index (χ3v) is 6.52. The Bertz CT molecular complexity index is 994. The number of urea groups is 1. The zero-order valence-corrected chi connectivity index (χ0v) is 17.0. The van der Waals surface area contributed by atoms with Crippen LogP contribution in [-0.4, -0.2) is 27.3 Å². The average molecular weight is 402 g/mol. The van der Waals surface area contributed by atoms with Crippen LogP contribution in [0.1, 0.15) is 61.0 Å². The Kier molecular flexibility index (Phi) is 5.22. The molecule has 1 unspecified atom stereocenters.